The molecule has 0 saturated heterocycles. The van der Waals surface area contributed by atoms with E-state index in [9.17, 15) is 9.59 Å². The molecule has 0 saturated carbocycles. The highest BCUT2D eigenvalue weighted by Gasteiger charge is 2.17. The molecule has 0 heterocycles. The van der Waals surface area contributed by atoms with Gasteiger partial charge in [0, 0.05) is 0 Å². The van der Waals surface area contributed by atoms with Crippen LogP contribution in [0.4, 0.5) is 0 Å². The second-order valence-corrected chi connectivity index (χ2v) is 4.34. The first-order chi connectivity index (χ1) is 9.27. The minimum atomic E-state index is -0.695. The number of benzene rings is 1. The van der Waals surface area contributed by atoms with E-state index >= 15 is 0 Å². The Hall–Kier alpha value is -1.93. The Morgan fingerprint density at radius 2 is 2.00 bits per heavy atom. The molecule has 0 aliphatic carbocycles. The molecular weight excluding hydrogens is 242 g/mol. The van der Waals surface area contributed by atoms with Crippen molar-refractivity contribution >= 4 is 12.0 Å². The van der Waals surface area contributed by atoms with Crippen molar-refractivity contribution < 1.29 is 14.3 Å². The number of nitrogens with zero attached hydrogens (tertiary/aromatic N) is 1. The summed E-state index contributed by atoms with van der Waals surface area (Å²) < 4.78 is 4.58. The first-order valence-corrected chi connectivity index (χ1v) is 6.46. The molecule has 0 aliphatic heterocycles. The number of aliphatic imine (C=N–C) groups is 1. The number of esters is 1. The Kier molecular flexibility index (Phi) is 7.21. The summed E-state index contributed by atoms with van der Waals surface area (Å²) in [6, 6.07) is 9.58. The third-order valence-corrected chi connectivity index (χ3v) is 2.97. The first-order valence-electron chi connectivity index (χ1n) is 6.46. The maximum Gasteiger partial charge on any atom is 0.331 e. The molecule has 0 N–H and O–H groups in total. The van der Waals surface area contributed by atoms with Gasteiger partial charge in [-0.1, -0.05) is 43.2 Å². The lowest BCUT2D eigenvalue weighted by Gasteiger charge is -2.07. The summed E-state index contributed by atoms with van der Waals surface area (Å²) in [5.74, 6) is -0.466. The number of carbonyl (C=O) groups is 1. The zero-order valence-corrected chi connectivity index (χ0v) is 11.2. The average molecular weight is 261 g/mol. The van der Waals surface area contributed by atoms with E-state index in [1.807, 2.05) is 18.2 Å². The number of methoxy groups -OCH3 is 1. The quantitative estimate of drug-likeness (QED) is 0.313. The number of ether oxygens (including phenoxy) is 1. The van der Waals surface area contributed by atoms with E-state index in [0.29, 0.717) is 6.42 Å². The Bertz CT molecular complexity index is 424. The Morgan fingerprint density at radius 3 is 2.63 bits per heavy atom. The lowest BCUT2D eigenvalue weighted by atomic mass is 10.0. The smallest absolute Gasteiger partial charge is 0.331 e. The fraction of sp³-hybridized carbons (Fsp3) is 0.467. The van der Waals surface area contributed by atoms with Gasteiger partial charge in [-0.2, -0.15) is 4.99 Å². The van der Waals surface area contributed by atoms with E-state index in [0.717, 1.165) is 25.7 Å². The molecule has 1 aromatic rings. The summed E-state index contributed by atoms with van der Waals surface area (Å²) >= 11 is 0. The van der Waals surface area contributed by atoms with Gasteiger partial charge in [0.15, 0.2) is 6.04 Å². The molecule has 0 radical (unpaired) electrons. The molecule has 1 unspecified atom stereocenters. The molecule has 1 atom stereocenters. The second-order valence-electron chi connectivity index (χ2n) is 4.34. The molecule has 0 spiro atoms. The van der Waals surface area contributed by atoms with Crippen molar-refractivity contribution in [2.75, 3.05) is 7.11 Å². The van der Waals surface area contributed by atoms with Crippen LogP contribution in [0.5, 0.6) is 0 Å². The average Bonchev–Trinajstić information content (AvgIpc) is 2.46. The van der Waals surface area contributed by atoms with E-state index < -0.39 is 12.0 Å². The summed E-state index contributed by atoms with van der Waals surface area (Å²) in [4.78, 5) is 25.0. The highest BCUT2D eigenvalue weighted by atomic mass is 16.5. The Morgan fingerprint density at radius 1 is 1.26 bits per heavy atom. The summed E-state index contributed by atoms with van der Waals surface area (Å²) in [5.41, 5.74) is 1.32. The van der Waals surface area contributed by atoms with Crippen LogP contribution in [0.1, 0.15) is 31.2 Å². The summed E-state index contributed by atoms with van der Waals surface area (Å²) in [7, 11) is 1.30. The predicted octanol–water partition coefficient (Wildman–Crippen LogP) is 2.67. The van der Waals surface area contributed by atoms with Crippen molar-refractivity contribution in [3.05, 3.63) is 35.9 Å². The van der Waals surface area contributed by atoms with Crippen molar-refractivity contribution in [2.45, 2.75) is 38.1 Å². The van der Waals surface area contributed by atoms with Crippen LogP contribution in [0.25, 0.3) is 0 Å². The molecular formula is C15H19NO3. The van der Waals surface area contributed by atoms with Gasteiger partial charge in [0.05, 0.1) is 7.11 Å². The van der Waals surface area contributed by atoms with E-state index in [4.69, 9.17) is 0 Å². The monoisotopic (exact) mass is 261 g/mol. The molecule has 1 aromatic carbocycles. The van der Waals surface area contributed by atoms with Crippen LogP contribution in [-0.2, 0) is 20.7 Å². The van der Waals surface area contributed by atoms with Gasteiger partial charge in [0.2, 0.25) is 6.08 Å². The lowest BCUT2D eigenvalue weighted by Crippen LogP contribution is -2.19. The molecule has 102 valence electrons. The third kappa shape index (κ3) is 5.98. The predicted molar refractivity (Wildman–Crippen MR) is 72.5 cm³/mol. The standard InChI is InChI=1S/C15H19NO3/c1-19-15(18)14(16-12-17)11-7-3-6-10-13-8-4-2-5-9-13/h2,4-5,8-9,14H,3,6-7,10-11H2,1H3. The largest absolute Gasteiger partial charge is 0.467 e. The van der Waals surface area contributed by atoms with Gasteiger partial charge in [0.1, 0.15) is 0 Å². The number of hydrogen-bond donors (Lipinski definition) is 0. The van der Waals surface area contributed by atoms with Crippen molar-refractivity contribution in [1.82, 2.24) is 0 Å². The van der Waals surface area contributed by atoms with Gasteiger partial charge in [-0.25, -0.2) is 9.59 Å². The maximum absolute atomic E-state index is 11.3. The van der Waals surface area contributed by atoms with Crippen molar-refractivity contribution in [2.24, 2.45) is 4.99 Å². The van der Waals surface area contributed by atoms with Gasteiger partial charge in [-0.15, -0.1) is 0 Å². The molecule has 0 bridgehead atoms. The Balaban J connectivity index is 2.22. The van der Waals surface area contributed by atoms with E-state index in [2.05, 4.69) is 21.9 Å². The van der Waals surface area contributed by atoms with Gasteiger partial charge in [-0.3, -0.25) is 0 Å². The molecule has 0 amide bonds. The van der Waals surface area contributed by atoms with Crippen LogP contribution in [-0.4, -0.2) is 25.2 Å². The minimum absolute atomic E-state index is 0.466. The molecule has 0 aromatic heterocycles. The van der Waals surface area contributed by atoms with Crippen LogP contribution in [0.15, 0.2) is 35.3 Å². The summed E-state index contributed by atoms with van der Waals surface area (Å²) in [6.07, 6.45) is 5.89. The highest BCUT2D eigenvalue weighted by molar-refractivity contribution is 5.76. The zero-order chi connectivity index (χ0) is 13.9. The number of unbranched alkanes of at least 4 members (excludes halogenated alkanes) is 2. The highest BCUT2D eigenvalue weighted by Crippen LogP contribution is 2.11. The molecule has 0 aliphatic rings. The SMILES string of the molecule is COC(=O)C(CCCCCc1ccccc1)N=C=O. The second kappa shape index (κ2) is 9.06. The van der Waals surface area contributed by atoms with Crippen LogP contribution < -0.4 is 0 Å². The van der Waals surface area contributed by atoms with Gasteiger partial charge >= 0.3 is 5.97 Å². The van der Waals surface area contributed by atoms with E-state index in [1.165, 1.54) is 18.8 Å². The van der Waals surface area contributed by atoms with E-state index in [-0.39, 0.29) is 0 Å². The molecule has 19 heavy (non-hydrogen) atoms. The van der Waals surface area contributed by atoms with E-state index in [1.54, 1.807) is 0 Å². The van der Waals surface area contributed by atoms with Crippen molar-refractivity contribution in [1.29, 1.82) is 0 Å². The summed E-state index contributed by atoms with van der Waals surface area (Å²) in [5, 5.41) is 0. The van der Waals surface area contributed by atoms with Crippen LogP contribution in [0, 0.1) is 0 Å². The van der Waals surface area contributed by atoms with Gasteiger partial charge in [0.25, 0.3) is 0 Å². The van der Waals surface area contributed by atoms with Gasteiger partial charge in [-0.05, 0) is 24.8 Å². The maximum atomic E-state index is 11.3. The number of isocyanates is 1. The molecule has 1 rings (SSSR count). The zero-order valence-electron chi connectivity index (χ0n) is 11.2. The minimum Gasteiger partial charge on any atom is -0.467 e. The fourth-order valence-electron chi connectivity index (χ4n) is 1.92. The van der Waals surface area contributed by atoms with Crippen molar-refractivity contribution in [3.63, 3.8) is 0 Å². The van der Waals surface area contributed by atoms with Gasteiger partial charge < -0.3 is 4.74 Å². The number of aryl methyl sites for hydroxylation is 1. The topological polar surface area (TPSA) is 55.7 Å². The van der Waals surface area contributed by atoms with Crippen LogP contribution >= 0.6 is 0 Å². The van der Waals surface area contributed by atoms with Crippen LogP contribution in [0.2, 0.25) is 0 Å². The van der Waals surface area contributed by atoms with Crippen molar-refractivity contribution in [3.8, 4) is 0 Å². The first kappa shape index (κ1) is 15.1. The number of rotatable bonds is 8. The molecule has 4 heteroatoms. The summed E-state index contributed by atoms with van der Waals surface area (Å²) in [6.45, 7) is 0. The lowest BCUT2D eigenvalue weighted by molar-refractivity contribution is -0.142. The van der Waals surface area contributed by atoms with Crippen LogP contribution in [0.3, 0.4) is 0 Å². The number of carbonyl (C=O) groups excluding carboxylic acids is 2. The third-order valence-electron chi connectivity index (χ3n) is 2.97. The molecule has 0 fully saturated rings. The fourth-order valence-corrected chi connectivity index (χ4v) is 1.92. The molecule has 4 nitrogen and oxygen atoms in total. The Labute approximate surface area is 113 Å². The number of hydrogen-bond acceptors (Lipinski definition) is 4. The normalized spacial score (nSPS) is 11.4.